The van der Waals surface area contributed by atoms with Gasteiger partial charge in [0.15, 0.2) is 11.5 Å². The fourth-order valence-corrected chi connectivity index (χ4v) is 2.25. The first-order valence-electron chi connectivity index (χ1n) is 7.50. The molecule has 0 aliphatic carbocycles. The summed E-state index contributed by atoms with van der Waals surface area (Å²) in [5.74, 6) is 0.124. The molecule has 0 atom stereocenters. The third-order valence-corrected chi connectivity index (χ3v) is 3.43. The summed E-state index contributed by atoms with van der Waals surface area (Å²) in [5, 5.41) is 6.97. The zero-order chi connectivity index (χ0) is 17.9. The van der Waals surface area contributed by atoms with Gasteiger partial charge in [-0.05, 0) is 24.1 Å². The minimum Gasteiger partial charge on any atom is -0.370 e. The molecule has 0 amide bonds. The lowest BCUT2D eigenvalue weighted by Gasteiger charge is -2.11. The van der Waals surface area contributed by atoms with Crippen molar-refractivity contribution >= 4 is 5.82 Å². The molecule has 3 rings (SSSR count). The molecule has 0 fully saturated rings. The van der Waals surface area contributed by atoms with Gasteiger partial charge < -0.3 is 5.32 Å². The molecule has 0 aliphatic heterocycles. The number of hydrogen-bond donors (Lipinski definition) is 1. The van der Waals surface area contributed by atoms with Crippen molar-refractivity contribution in [3.63, 3.8) is 0 Å². The Bertz CT molecular complexity index is 845. The number of nitrogens with zero attached hydrogens (tertiary/aromatic N) is 5. The van der Waals surface area contributed by atoms with Crippen LogP contribution in [0.1, 0.15) is 11.3 Å². The van der Waals surface area contributed by atoms with Gasteiger partial charge in [0.2, 0.25) is 0 Å². The first kappa shape index (κ1) is 16.9. The van der Waals surface area contributed by atoms with E-state index in [4.69, 9.17) is 0 Å². The standard InChI is InChI=1S/C16H15F3N6/c1-25-10-11(9-22-25)2-7-21-14-8-13(16(17,18)19)23-15(24-14)12-3-5-20-6-4-12/h3-6,8-10H,2,7H2,1H3,(H,21,23,24). The lowest BCUT2D eigenvalue weighted by atomic mass is 10.2. The average Bonchev–Trinajstić information content (AvgIpc) is 3.00. The van der Waals surface area contributed by atoms with Gasteiger partial charge in [-0.2, -0.15) is 18.3 Å². The van der Waals surface area contributed by atoms with Crippen molar-refractivity contribution < 1.29 is 13.2 Å². The van der Waals surface area contributed by atoms with Gasteiger partial charge in [0.05, 0.1) is 6.20 Å². The number of nitrogens with one attached hydrogen (secondary N) is 1. The van der Waals surface area contributed by atoms with Gasteiger partial charge in [0, 0.05) is 43.8 Å². The highest BCUT2D eigenvalue weighted by atomic mass is 19.4. The number of alkyl halides is 3. The monoisotopic (exact) mass is 348 g/mol. The van der Waals surface area contributed by atoms with Gasteiger partial charge in [0.1, 0.15) is 5.82 Å². The lowest BCUT2D eigenvalue weighted by molar-refractivity contribution is -0.141. The van der Waals surface area contributed by atoms with Crippen LogP contribution in [0, 0.1) is 0 Å². The van der Waals surface area contributed by atoms with Gasteiger partial charge in [-0.25, -0.2) is 9.97 Å². The summed E-state index contributed by atoms with van der Waals surface area (Å²) in [6.07, 6.45) is 2.59. The largest absolute Gasteiger partial charge is 0.433 e. The molecule has 9 heteroatoms. The van der Waals surface area contributed by atoms with E-state index < -0.39 is 11.9 Å². The Hall–Kier alpha value is -2.97. The topological polar surface area (TPSA) is 68.5 Å². The molecule has 0 bridgehead atoms. The number of anilines is 1. The second kappa shape index (κ2) is 6.88. The van der Waals surface area contributed by atoms with Crippen molar-refractivity contribution in [3.05, 3.63) is 54.2 Å². The molecule has 130 valence electrons. The second-order valence-corrected chi connectivity index (χ2v) is 5.39. The molecule has 0 unspecified atom stereocenters. The Morgan fingerprint density at radius 3 is 2.56 bits per heavy atom. The molecular formula is C16H15F3N6. The van der Waals surface area contributed by atoms with E-state index in [9.17, 15) is 13.2 Å². The maximum atomic E-state index is 13.1. The summed E-state index contributed by atoms with van der Waals surface area (Å²) in [6, 6.07) is 4.04. The summed E-state index contributed by atoms with van der Waals surface area (Å²) >= 11 is 0. The normalized spacial score (nSPS) is 11.5. The second-order valence-electron chi connectivity index (χ2n) is 5.39. The quantitative estimate of drug-likeness (QED) is 0.768. The SMILES string of the molecule is Cn1cc(CCNc2cc(C(F)(F)F)nc(-c3ccncc3)n2)cn1. The van der Waals surface area contributed by atoms with Crippen LogP contribution in [0.3, 0.4) is 0 Å². The highest BCUT2D eigenvalue weighted by Gasteiger charge is 2.33. The van der Waals surface area contributed by atoms with E-state index in [0.29, 0.717) is 18.5 Å². The first-order valence-corrected chi connectivity index (χ1v) is 7.50. The minimum atomic E-state index is -4.55. The molecule has 25 heavy (non-hydrogen) atoms. The van der Waals surface area contributed by atoms with Gasteiger partial charge in [-0.1, -0.05) is 0 Å². The average molecular weight is 348 g/mol. The summed E-state index contributed by atoms with van der Waals surface area (Å²) in [6.45, 7) is 0.426. The maximum absolute atomic E-state index is 13.1. The Morgan fingerprint density at radius 2 is 1.92 bits per heavy atom. The van der Waals surface area contributed by atoms with Crippen LogP contribution in [0.25, 0.3) is 11.4 Å². The predicted molar refractivity (Wildman–Crippen MR) is 85.7 cm³/mol. The van der Waals surface area contributed by atoms with Crippen molar-refractivity contribution in [3.8, 4) is 11.4 Å². The van der Waals surface area contributed by atoms with E-state index in [1.165, 1.54) is 12.4 Å². The van der Waals surface area contributed by atoms with Gasteiger partial charge >= 0.3 is 6.18 Å². The molecule has 0 saturated heterocycles. The molecular weight excluding hydrogens is 333 g/mol. The third-order valence-electron chi connectivity index (χ3n) is 3.43. The Balaban J connectivity index is 1.82. The zero-order valence-corrected chi connectivity index (χ0v) is 13.3. The lowest BCUT2D eigenvalue weighted by Crippen LogP contribution is -2.13. The number of rotatable bonds is 5. The van der Waals surface area contributed by atoms with Gasteiger partial charge in [-0.15, -0.1) is 0 Å². The summed E-state index contributed by atoms with van der Waals surface area (Å²) in [4.78, 5) is 11.7. The van der Waals surface area contributed by atoms with E-state index in [0.717, 1.165) is 11.6 Å². The van der Waals surface area contributed by atoms with Crippen LogP contribution < -0.4 is 5.32 Å². The van der Waals surface area contributed by atoms with Crippen LogP contribution in [0.5, 0.6) is 0 Å². The molecule has 0 spiro atoms. The van der Waals surface area contributed by atoms with E-state index in [2.05, 4.69) is 25.4 Å². The minimum absolute atomic E-state index is 0.00102. The van der Waals surface area contributed by atoms with E-state index >= 15 is 0 Å². The van der Waals surface area contributed by atoms with E-state index in [1.54, 1.807) is 30.1 Å². The van der Waals surface area contributed by atoms with Crippen molar-refractivity contribution in [1.82, 2.24) is 24.7 Å². The molecule has 0 saturated carbocycles. The maximum Gasteiger partial charge on any atom is 0.433 e. The van der Waals surface area contributed by atoms with Gasteiger partial charge in [0.25, 0.3) is 0 Å². The molecule has 0 aliphatic rings. The van der Waals surface area contributed by atoms with Crippen molar-refractivity contribution in [2.24, 2.45) is 7.05 Å². The fourth-order valence-electron chi connectivity index (χ4n) is 2.25. The van der Waals surface area contributed by atoms with Crippen LogP contribution in [-0.4, -0.2) is 31.3 Å². The van der Waals surface area contributed by atoms with Crippen molar-refractivity contribution in [2.75, 3.05) is 11.9 Å². The molecule has 3 heterocycles. The molecule has 1 N–H and O–H groups in total. The molecule has 6 nitrogen and oxygen atoms in total. The van der Waals surface area contributed by atoms with Crippen LogP contribution in [0.2, 0.25) is 0 Å². The Morgan fingerprint density at radius 1 is 1.16 bits per heavy atom. The highest BCUT2D eigenvalue weighted by molar-refractivity contribution is 5.57. The zero-order valence-electron chi connectivity index (χ0n) is 13.3. The Kier molecular flexibility index (Phi) is 4.64. The number of hydrogen-bond acceptors (Lipinski definition) is 5. The van der Waals surface area contributed by atoms with Crippen LogP contribution >= 0.6 is 0 Å². The fraction of sp³-hybridized carbons (Fsp3) is 0.250. The molecule has 3 aromatic heterocycles. The van der Waals surface area contributed by atoms with Crippen LogP contribution in [0.15, 0.2) is 43.0 Å². The summed E-state index contributed by atoms with van der Waals surface area (Å²) in [5.41, 5.74) is 0.462. The number of aryl methyl sites for hydroxylation is 1. The van der Waals surface area contributed by atoms with E-state index in [-0.39, 0.29) is 11.6 Å². The molecule has 3 aromatic rings. The van der Waals surface area contributed by atoms with Crippen LogP contribution in [-0.2, 0) is 19.6 Å². The van der Waals surface area contributed by atoms with Gasteiger partial charge in [-0.3, -0.25) is 9.67 Å². The predicted octanol–water partition coefficient (Wildman–Crippen LogP) is 2.95. The van der Waals surface area contributed by atoms with Crippen molar-refractivity contribution in [1.29, 1.82) is 0 Å². The highest BCUT2D eigenvalue weighted by Crippen LogP contribution is 2.30. The Labute approximate surface area is 141 Å². The number of pyridine rings is 1. The number of halogens is 3. The smallest absolute Gasteiger partial charge is 0.370 e. The van der Waals surface area contributed by atoms with Crippen molar-refractivity contribution in [2.45, 2.75) is 12.6 Å². The van der Waals surface area contributed by atoms with Crippen LogP contribution in [0.4, 0.5) is 19.0 Å². The first-order chi connectivity index (χ1) is 11.9. The molecule has 0 aromatic carbocycles. The van der Waals surface area contributed by atoms with E-state index in [1.807, 2.05) is 6.20 Å². The molecule has 0 radical (unpaired) electrons. The summed E-state index contributed by atoms with van der Waals surface area (Å²) in [7, 11) is 1.80. The number of aromatic nitrogens is 5. The third kappa shape index (κ3) is 4.31. The summed E-state index contributed by atoms with van der Waals surface area (Å²) < 4.78 is 41.0.